The fraction of sp³-hybridized carbons (Fsp3) is 0.357. The lowest BCUT2D eigenvalue weighted by Crippen LogP contribution is -2.25. The lowest BCUT2D eigenvalue weighted by molar-refractivity contribution is 0.0974. The van der Waals surface area contributed by atoms with E-state index in [1.165, 1.54) is 0 Å². The monoisotopic (exact) mass is 241 g/mol. The van der Waals surface area contributed by atoms with Gasteiger partial charge >= 0.3 is 0 Å². The number of Topliss-reactive ketones (excluding diaryl/α,β-unsaturated/α-hetero) is 1. The third-order valence-corrected chi connectivity index (χ3v) is 3.08. The van der Waals surface area contributed by atoms with Crippen LogP contribution in [0, 0.1) is 17.2 Å². The Balaban J connectivity index is 2.23. The van der Waals surface area contributed by atoms with E-state index in [1.807, 2.05) is 0 Å². The van der Waals surface area contributed by atoms with E-state index >= 15 is 0 Å². The Labute approximate surface area is 106 Å². The summed E-state index contributed by atoms with van der Waals surface area (Å²) < 4.78 is 0. The number of hydrogen-bond acceptors (Lipinski definition) is 4. The maximum absolute atomic E-state index is 12.2. The average Bonchev–Trinajstić information content (AvgIpc) is 2.41. The summed E-state index contributed by atoms with van der Waals surface area (Å²) in [7, 11) is 0. The van der Waals surface area contributed by atoms with Gasteiger partial charge in [-0.1, -0.05) is 0 Å². The molecule has 2 rings (SSSR count). The maximum atomic E-state index is 12.2. The van der Waals surface area contributed by atoms with Gasteiger partial charge < -0.3 is 5.73 Å². The van der Waals surface area contributed by atoms with Gasteiger partial charge in [-0.2, -0.15) is 5.26 Å². The number of benzene rings is 1. The van der Waals surface area contributed by atoms with Crippen LogP contribution in [0.4, 0.5) is 5.69 Å². The Hall–Kier alpha value is -2.15. The first-order valence-electron chi connectivity index (χ1n) is 6.05. The van der Waals surface area contributed by atoms with Crippen molar-refractivity contribution in [3.8, 4) is 6.07 Å². The molecule has 0 bridgehead atoms. The molecule has 1 aliphatic rings. The zero-order valence-electron chi connectivity index (χ0n) is 10.1. The normalized spacial score (nSPS) is 16.5. The molecule has 1 aromatic rings. The number of ketones is 1. The standard InChI is InChI=1S/C14H15N3O/c15-9-12(13-3-1-2-8-17-13)14(18)10-4-6-11(16)7-5-10/h4-7,12H,1-3,8,16H2. The molecule has 0 aromatic heterocycles. The topological polar surface area (TPSA) is 79.2 Å². The fourth-order valence-electron chi connectivity index (χ4n) is 2.05. The van der Waals surface area contributed by atoms with Crippen molar-refractivity contribution in [1.82, 2.24) is 0 Å². The highest BCUT2D eigenvalue weighted by atomic mass is 16.1. The summed E-state index contributed by atoms with van der Waals surface area (Å²) in [5, 5.41) is 9.19. The van der Waals surface area contributed by atoms with Crippen molar-refractivity contribution in [2.75, 3.05) is 12.3 Å². The molecule has 0 radical (unpaired) electrons. The van der Waals surface area contributed by atoms with Gasteiger partial charge in [0.1, 0.15) is 5.92 Å². The van der Waals surface area contributed by atoms with Gasteiger partial charge in [-0.15, -0.1) is 0 Å². The number of carbonyl (C=O) groups excluding carboxylic acids is 1. The van der Waals surface area contributed by atoms with Crippen LogP contribution in [0.25, 0.3) is 0 Å². The summed E-state index contributed by atoms with van der Waals surface area (Å²) in [5.74, 6) is -0.924. The van der Waals surface area contributed by atoms with Crippen molar-refractivity contribution in [2.24, 2.45) is 10.9 Å². The highest BCUT2D eigenvalue weighted by Gasteiger charge is 2.25. The molecule has 1 aliphatic heterocycles. The lowest BCUT2D eigenvalue weighted by Gasteiger charge is -2.15. The second kappa shape index (κ2) is 5.46. The number of nitrogens with two attached hydrogens (primary N) is 1. The second-order valence-electron chi connectivity index (χ2n) is 4.38. The minimum absolute atomic E-state index is 0.182. The van der Waals surface area contributed by atoms with Gasteiger partial charge in [-0.25, -0.2) is 0 Å². The number of nitriles is 1. The molecule has 0 spiro atoms. The molecule has 0 amide bonds. The first-order valence-corrected chi connectivity index (χ1v) is 6.05. The summed E-state index contributed by atoms with van der Waals surface area (Å²) in [6, 6.07) is 8.73. The second-order valence-corrected chi connectivity index (χ2v) is 4.38. The Morgan fingerprint density at radius 2 is 2.06 bits per heavy atom. The molecule has 18 heavy (non-hydrogen) atoms. The van der Waals surface area contributed by atoms with E-state index in [-0.39, 0.29) is 5.78 Å². The van der Waals surface area contributed by atoms with Gasteiger partial charge in [0.25, 0.3) is 0 Å². The molecule has 1 atom stereocenters. The van der Waals surface area contributed by atoms with Crippen LogP contribution >= 0.6 is 0 Å². The van der Waals surface area contributed by atoms with E-state index in [9.17, 15) is 10.1 Å². The van der Waals surface area contributed by atoms with Crippen LogP contribution in [0.3, 0.4) is 0 Å². The van der Waals surface area contributed by atoms with Gasteiger partial charge in [-0.3, -0.25) is 9.79 Å². The molecule has 1 unspecified atom stereocenters. The zero-order chi connectivity index (χ0) is 13.0. The SMILES string of the molecule is N#CC(C(=O)c1ccc(N)cc1)C1=NCCCC1. The minimum atomic E-state index is -0.742. The number of anilines is 1. The minimum Gasteiger partial charge on any atom is -0.399 e. The van der Waals surface area contributed by atoms with Gasteiger partial charge in [-0.05, 0) is 43.5 Å². The average molecular weight is 241 g/mol. The van der Waals surface area contributed by atoms with Crippen molar-refractivity contribution >= 4 is 17.2 Å². The fourth-order valence-corrected chi connectivity index (χ4v) is 2.05. The third-order valence-electron chi connectivity index (χ3n) is 3.08. The molecule has 0 fully saturated rings. The number of hydrogen-bond donors (Lipinski definition) is 1. The molecule has 0 saturated carbocycles. The van der Waals surface area contributed by atoms with E-state index < -0.39 is 5.92 Å². The number of nitrogens with zero attached hydrogens (tertiary/aromatic N) is 2. The van der Waals surface area contributed by atoms with Crippen LogP contribution < -0.4 is 5.73 Å². The van der Waals surface area contributed by atoms with Crippen LogP contribution in [-0.2, 0) is 0 Å². The molecule has 0 aliphatic carbocycles. The van der Waals surface area contributed by atoms with Crippen LogP contribution in [0.5, 0.6) is 0 Å². The highest BCUT2D eigenvalue weighted by Crippen LogP contribution is 2.18. The number of nitrogen functional groups attached to an aromatic ring is 1. The van der Waals surface area contributed by atoms with Gasteiger partial charge in [0, 0.05) is 23.5 Å². The molecular formula is C14H15N3O. The Bertz CT molecular complexity index is 511. The number of rotatable bonds is 3. The van der Waals surface area contributed by atoms with Crippen LogP contribution in [0.2, 0.25) is 0 Å². The molecule has 1 heterocycles. The van der Waals surface area contributed by atoms with Crippen LogP contribution in [0.15, 0.2) is 29.3 Å². The summed E-state index contributed by atoms with van der Waals surface area (Å²) in [5.41, 5.74) is 7.43. The number of aliphatic imine (C=N–C) groups is 1. The smallest absolute Gasteiger partial charge is 0.185 e. The van der Waals surface area contributed by atoms with Crippen molar-refractivity contribution in [1.29, 1.82) is 5.26 Å². The largest absolute Gasteiger partial charge is 0.399 e. The molecule has 0 saturated heterocycles. The van der Waals surface area contributed by atoms with E-state index in [0.29, 0.717) is 11.3 Å². The predicted octanol–water partition coefficient (Wildman–Crippen LogP) is 2.22. The van der Waals surface area contributed by atoms with Crippen LogP contribution in [-0.4, -0.2) is 18.0 Å². The Morgan fingerprint density at radius 1 is 1.33 bits per heavy atom. The van der Waals surface area contributed by atoms with Crippen molar-refractivity contribution in [3.63, 3.8) is 0 Å². The van der Waals surface area contributed by atoms with E-state index in [2.05, 4.69) is 11.1 Å². The molecule has 4 heteroatoms. The van der Waals surface area contributed by atoms with Crippen molar-refractivity contribution in [2.45, 2.75) is 19.3 Å². The molecular weight excluding hydrogens is 226 g/mol. The quantitative estimate of drug-likeness (QED) is 0.650. The molecule has 4 nitrogen and oxygen atoms in total. The Kier molecular flexibility index (Phi) is 3.73. The zero-order valence-corrected chi connectivity index (χ0v) is 10.1. The molecule has 92 valence electrons. The van der Waals surface area contributed by atoms with Gasteiger partial charge in [0.05, 0.1) is 6.07 Å². The summed E-state index contributed by atoms with van der Waals surface area (Å²) in [6.45, 7) is 0.725. The molecule has 1 aromatic carbocycles. The van der Waals surface area contributed by atoms with Gasteiger partial charge in [0.2, 0.25) is 0 Å². The van der Waals surface area contributed by atoms with E-state index in [4.69, 9.17) is 5.73 Å². The summed E-state index contributed by atoms with van der Waals surface area (Å²) >= 11 is 0. The maximum Gasteiger partial charge on any atom is 0.185 e. The summed E-state index contributed by atoms with van der Waals surface area (Å²) in [4.78, 5) is 16.6. The predicted molar refractivity (Wildman–Crippen MR) is 70.4 cm³/mol. The first-order chi connectivity index (χ1) is 8.72. The summed E-state index contributed by atoms with van der Waals surface area (Å²) in [6.07, 6.45) is 2.79. The number of carbonyl (C=O) groups is 1. The third kappa shape index (κ3) is 2.57. The first kappa shape index (κ1) is 12.3. The molecule has 2 N–H and O–H groups in total. The lowest BCUT2D eigenvalue weighted by atomic mass is 9.90. The van der Waals surface area contributed by atoms with Crippen LogP contribution in [0.1, 0.15) is 29.6 Å². The van der Waals surface area contributed by atoms with Crippen molar-refractivity contribution in [3.05, 3.63) is 29.8 Å². The Morgan fingerprint density at radius 3 is 2.61 bits per heavy atom. The highest BCUT2D eigenvalue weighted by molar-refractivity contribution is 6.14. The van der Waals surface area contributed by atoms with Gasteiger partial charge in [0.15, 0.2) is 5.78 Å². The van der Waals surface area contributed by atoms with E-state index in [0.717, 1.165) is 31.5 Å². The van der Waals surface area contributed by atoms with Crippen molar-refractivity contribution < 1.29 is 4.79 Å². The van der Waals surface area contributed by atoms with E-state index in [1.54, 1.807) is 24.3 Å².